The molecule has 0 aliphatic rings. The second kappa shape index (κ2) is 7.96. The van der Waals surface area contributed by atoms with Crippen LogP contribution in [0.1, 0.15) is 24.5 Å². The van der Waals surface area contributed by atoms with E-state index in [1.165, 1.54) is 12.1 Å². The van der Waals surface area contributed by atoms with E-state index < -0.39 is 0 Å². The van der Waals surface area contributed by atoms with Crippen molar-refractivity contribution in [1.29, 1.82) is 0 Å². The van der Waals surface area contributed by atoms with Gasteiger partial charge in [-0.1, -0.05) is 18.5 Å². The van der Waals surface area contributed by atoms with Gasteiger partial charge in [-0.2, -0.15) is 0 Å². The van der Waals surface area contributed by atoms with Gasteiger partial charge in [0.25, 0.3) is 0 Å². The Hall–Kier alpha value is -1.65. The van der Waals surface area contributed by atoms with Crippen LogP contribution in [-0.2, 0) is 13.2 Å². The van der Waals surface area contributed by atoms with Crippen molar-refractivity contribution in [2.75, 3.05) is 6.54 Å². The lowest BCUT2D eigenvalue weighted by Gasteiger charge is -2.10. The fourth-order valence-corrected chi connectivity index (χ4v) is 2.07. The summed E-state index contributed by atoms with van der Waals surface area (Å²) in [4.78, 5) is 3.91. The van der Waals surface area contributed by atoms with E-state index >= 15 is 0 Å². The van der Waals surface area contributed by atoms with Crippen molar-refractivity contribution in [3.63, 3.8) is 0 Å². The van der Waals surface area contributed by atoms with Gasteiger partial charge in [0.05, 0.1) is 5.02 Å². The van der Waals surface area contributed by atoms with Crippen LogP contribution in [-0.4, -0.2) is 11.5 Å². The normalized spacial score (nSPS) is 10.6. The number of nitrogens with zero attached hydrogens (tertiary/aromatic N) is 1. The smallest absolute Gasteiger partial charge is 0.127 e. The molecule has 1 heterocycles. The molecule has 2 rings (SSSR count). The van der Waals surface area contributed by atoms with Crippen LogP contribution < -0.4 is 10.1 Å². The SMILES string of the molecule is CCCNCc1cc(F)cc(OCc2ccncc2Cl)c1. The Labute approximate surface area is 129 Å². The van der Waals surface area contributed by atoms with Crippen molar-refractivity contribution in [3.05, 3.63) is 58.6 Å². The summed E-state index contributed by atoms with van der Waals surface area (Å²) in [6, 6.07) is 6.50. The first kappa shape index (κ1) is 15.7. The minimum Gasteiger partial charge on any atom is -0.489 e. The molecule has 0 fully saturated rings. The van der Waals surface area contributed by atoms with Crippen LogP contribution in [0.3, 0.4) is 0 Å². The van der Waals surface area contributed by atoms with E-state index in [-0.39, 0.29) is 12.4 Å². The van der Waals surface area contributed by atoms with Crippen LogP contribution in [0.2, 0.25) is 5.02 Å². The molecule has 0 unspecified atom stereocenters. The van der Waals surface area contributed by atoms with Gasteiger partial charge < -0.3 is 10.1 Å². The molecule has 5 heteroatoms. The van der Waals surface area contributed by atoms with Crippen molar-refractivity contribution in [2.24, 2.45) is 0 Å². The maximum atomic E-state index is 13.6. The third-order valence-corrected chi connectivity index (χ3v) is 3.28. The first-order valence-electron chi connectivity index (χ1n) is 6.90. The van der Waals surface area contributed by atoms with Gasteiger partial charge in [0.1, 0.15) is 18.2 Å². The van der Waals surface area contributed by atoms with Crippen molar-refractivity contribution >= 4 is 11.6 Å². The van der Waals surface area contributed by atoms with Crippen molar-refractivity contribution < 1.29 is 9.13 Å². The minimum absolute atomic E-state index is 0.284. The first-order chi connectivity index (χ1) is 10.2. The molecule has 1 aromatic carbocycles. The van der Waals surface area contributed by atoms with Gasteiger partial charge in [-0.3, -0.25) is 4.98 Å². The van der Waals surface area contributed by atoms with Gasteiger partial charge in [-0.15, -0.1) is 0 Å². The summed E-state index contributed by atoms with van der Waals surface area (Å²) in [6.07, 6.45) is 4.25. The highest BCUT2D eigenvalue weighted by molar-refractivity contribution is 6.31. The highest BCUT2D eigenvalue weighted by Gasteiger charge is 2.04. The van der Waals surface area contributed by atoms with Gasteiger partial charge in [-0.05, 0) is 36.7 Å². The topological polar surface area (TPSA) is 34.1 Å². The Morgan fingerprint density at radius 3 is 2.95 bits per heavy atom. The van der Waals surface area contributed by atoms with Crippen LogP contribution in [0, 0.1) is 5.82 Å². The number of hydrogen-bond acceptors (Lipinski definition) is 3. The first-order valence-corrected chi connectivity index (χ1v) is 7.28. The Morgan fingerprint density at radius 2 is 2.19 bits per heavy atom. The van der Waals surface area contributed by atoms with E-state index in [0.717, 1.165) is 24.1 Å². The molecule has 3 nitrogen and oxygen atoms in total. The second-order valence-electron chi connectivity index (χ2n) is 4.73. The van der Waals surface area contributed by atoms with Crippen molar-refractivity contribution in [2.45, 2.75) is 26.5 Å². The Morgan fingerprint density at radius 1 is 1.33 bits per heavy atom. The van der Waals surface area contributed by atoms with Crippen LogP contribution in [0.15, 0.2) is 36.7 Å². The van der Waals surface area contributed by atoms with E-state index in [2.05, 4.69) is 17.2 Å². The summed E-state index contributed by atoms with van der Waals surface area (Å²) in [7, 11) is 0. The number of nitrogens with one attached hydrogen (secondary N) is 1. The lowest BCUT2D eigenvalue weighted by atomic mass is 10.2. The third-order valence-electron chi connectivity index (χ3n) is 2.94. The van der Waals surface area contributed by atoms with E-state index in [4.69, 9.17) is 16.3 Å². The quantitative estimate of drug-likeness (QED) is 0.786. The summed E-state index contributed by atoms with van der Waals surface area (Å²) >= 11 is 6.01. The molecule has 0 aliphatic heterocycles. The fraction of sp³-hybridized carbons (Fsp3) is 0.312. The number of pyridine rings is 1. The number of rotatable bonds is 7. The molecule has 2 aromatic rings. The van der Waals surface area contributed by atoms with E-state index in [1.54, 1.807) is 18.5 Å². The summed E-state index contributed by atoms with van der Waals surface area (Å²) < 4.78 is 19.2. The fourth-order valence-electron chi connectivity index (χ4n) is 1.90. The number of aromatic nitrogens is 1. The van der Waals surface area contributed by atoms with Crippen LogP contribution in [0.5, 0.6) is 5.75 Å². The second-order valence-corrected chi connectivity index (χ2v) is 5.13. The van der Waals surface area contributed by atoms with Crippen LogP contribution in [0.4, 0.5) is 4.39 Å². The number of halogens is 2. The zero-order valence-electron chi connectivity index (χ0n) is 11.9. The Balaban J connectivity index is 2.01. The number of hydrogen-bond donors (Lipinski definition) is 1. The Bertz CT molecular complexity index is 592. The number of ether oxygens (including phenoxy) is 1. The van der Waals surface area contributed by atoms with E-state index in [0.29, 0.717) is 17.3 Å². The predicted octanol–water partition coefficient (Wildman–Crippen LogP) is 3.95. The average Bonchev–Trinajstić information content (AvgIpc) is 2.46. The summed E-state index contributed by atoms with van der Waals surface area (Å²) in [5.41, 5.74) is 1.68. The van der Waals surface area contributed by atoms with Gasteiger partial charge in [0.2, 0.25) is 0 Å². The van der Waals surface area contributed by atoms with E-state index in [1.807, 2.05) is 6.07 Å². The minimum atomic E-state index is -0.304. The monoisotopic (exact) mass is 308 g/mol. The molecular formula is C16H18ClFN2O. The zero-order chi connectivity index (χ0) is 15.1. The molecule has 0 saturated heterocycles. The summed E-state index contributed by atoms with van der Waals surface area (Å²) in [6.45, 7) is 3.90. The van der Waals surface area contributed by atoms with Crippen molar-refractivity contribution in [1.82, 2.24) is 10.3 Å². The predicted molar refractivity (Wildman–Crippen MR) is 82.0 cm³/mol. The molecule has 0 aliphatic carbocycles. The molecule has 1 aromatic heterocycles. The summed E-state index contributed by atoms with van der Waals surface area (Å²) in [5, 5.41) is 3.78. The number of benzene rings is 1. The molecule has 0 bridgehead atoms. The van der Waals surface area contributed by atoms with Gasteiger partial charge in [0.15, 0.2) is 0 Å². The van der Waals surface area contributed by atoms with Crippen LogP contribution in [0.25, 0.3) is 0 Å². The molecule has 0 spiro atoms. The van der Waals surface area contributed by atoms with E-state index in [9.17, 15) is 4.39 Å². The molecule has 0 amide bonds. The van der Waals surface area contributed by atoms with Crippen molar-refractivity contribution in [3.8, 4) is 5.75 Å². The maximum absolute atomic E-state index is 13.6. The molecule has 1 N–H and O–H groups in total. The third kappa shape index (κ3) is 4.99. The molecule has 0 atom stereocenters. The zero-order valence-corrected chi connectivity index (χ0v) is 12.7. The highest BCUT2D eigenvalue weighted by atomic mass is 35.5. The largest absolute Gasteiger partial charge is 0.489 e. The molecular weight excluding hydrogens is 291 g/mol. The standard InChI is InChI=1S/C16H18ClFN2O/c1-2-4-19-9-12-6-14(18)8-15(7-12)21-11-13-3-5-20-10-16(13)17/h3,5-8,10,19H,2,4,9,11H2,1H3. The average molecular weight is 309 g/mol. The maximum Gasteiger partial charge on any atom is 0.127 e. The van der Waals surface area contributed by atoms with Gasteiger partial charge >= 0.3 is 0 Å². The molecule has 0 radical (unpaired) electrons. The molecule has 112 valence electrons. The van der Waals surface area contributed by atoms with Gasteiger partial charge in [-0.25, -0.2) is 4.39 Å². The lowest BCUT2D eigenvalue weighted by Crippen LogP contribution is -2.14. The summed E-state index contributed by atoms with van der Waals surface area (Å²) in [5.74, 6) is 0.192. The van der Waals surface area contributed by atoms with Crippen LogP contribution >= 0.6 is 11.6 Å². The molecule has 21 heavy (non-hydrogen) atoms. The van der Waals surface area contributed by atoms with Gasteiger partial charge in [0, 0.05) is 30.6 Å². The lowest BCUT2D eigenvalue weighted by molar-refractivity contribution is 0.304. The molecule has 0 saturated carbocycles. The highest BCUT2D eigenvalue weighted by Crippen LogP contribution is 2.20. The Kier molecular flexibility index (Phi) is 5.96.